The van der Waals surface area contributed by atoms with Crippen molar-refractivity contribution < 1.29 is 14.7 Å². The van der Waals surface area contributed by atoms with Gasteiger partial charge in [0.2, 0.25) is 11.8 Å². The fourth-order valence-corrected chi connectivity index (χ4v) is 3.82. The van der Waals surface area contributed by atoms with E-state index in [4.69, 9.17) is 0 Å². The molecule has 0 aromatic rings. The number of carbonyl (C=O) groups is 2. The molecular weight excluding hydrogens is 304 g/mol. The van der Waals surface area contributed by atoms with Gasteiger partial charge in [-0.15, -0.1) is 0 Å². The quantitative estimate of drug-likeness (QED) is 0.700. The minimum atomic E-state index is -0.192. The molecule has 1 saturated heterocycles. The summed E-state index contributed by atoms with van der Waals surface area (Å²) in [6.45, 7) is 7.68. The summed E-state index contributed by atoms with van der Waals surface area (Å²) in [6.07, 6.45) is 6.62. The molecule has 1 aliphatic carbocycles. The van der Waals surface area contributed by atoms with E-state index in [0.717, 1.165) is 31.6 Å². The number of aliphatic hydroxyl groups excluding tert-OH is 1. The zero-order valence-electron chi connectivity index (χ0n) is 15.5. The lowest BCUT2D eigenvalue weighted by Crippen LogP contribution is -2.40. The number of nitrogens with zero attached hydrogens (tertiary/aromatic N) is 1. The molecule has 0 bridgehead atoms. The zero-order valence-corrected chi connectivity index (χ0v) is 15.5. The largest absolute Gasteiger partial charge is 0.396 e. The van der Waals surface area contributed by atoms with Gasteiger partial charge in [-0.2, -0.15) is 0 Å². The SMILES string of the molecule is CC1CCC(N2CC(C(=O)NCCCC(C)(C)CO)CC2=O)CC1. The number of likely N-dealkylation sites (tertiary alicyclic amines) is 1. The van der Waals surface area contributed by atoms with Crippen LogP contribution in [0, 0.1) is 17.3 Å². The van der Waals surface area contributed by atoms with E-state index in [-0.39, 0.29) is 29.8 Å². The molecule has 5 nitrogen and oxygen atoms in total. The van der Waals surface area contributed by atoms with Crippen LogP contribution in [0.4, 0.5) is 0 Å². The summed E-state index contributed by atoms with van der Waals surface area (Å²) in [4.78, 5) is 26.6. The van der Waals surface area contributed by atoms with Crippen molar-refractivity contribution in [1.29, 1.82) is 0 Å². The van der Waals surface area contributed by atoms with Gasteiger partial charge in [0.1, 0.15) is 0 Å². The molecule has 1 atom stereocenters. The van der Waals surface area contributed by atoms with E-state index in [1.54, 1.807) is 0 Å². The first kappa shape index (κ1) is 19.2. The third kappa shape index (κ3) is 5.20. The predicted octanol–water partition coefficient (Wildman–Crippen LogP) is 2.33. The maximum atomic E-state index is 12.3. The highest BCUT2D eigenvalue weighted by atomic mass is 16.3. The first-order valence-corrected chi connectivity index (χ1v) is 9.50. The van der Waals surface area contributed by atoms with Gasteiger partial charge in [-0.25, -0.2) is 0 Å². The lowest BCUT2D eigenvalue weighted by Gasteiger charge is -2.33. The second-order valence-corrected chi connectivity index (χ2v) is 8.58. The Morgan fingerprint density at radius 2 is 1.96 bits per heavy atom. The predicted molar refractivity (Wildman–Crippen MR) is 94.4 cm³/mol. The molecule has 5 heteroatoms. The van der Waals surface area contributed by atoms with Gasteiger partial charge in [0.15, 0.2) is 0 Å². The minimum Gasteiger partial charge on any atom is -0.396 e. The topological polar surface area (TPSA) is 69.6 Å². The normalized spacial score (nSPS) is 28.2. The zero-order chi connectivity index (χ0) is 17.7. The number of hydrogen-bond acceptors (Lipinski definition) is 3. The van der Waals surface area contributed by atoms with E-state index < -0.39 is 0 Å². The van der Waals surface area contributed by atoms with E-state index in [1.165, 1.54) is 12.8 Å². The van der Waals surface area contributed by atoms with E-state index in [0.29, 0.717) is 25.6 Å². The van der Waals surface area contributed by atoms with Crippen LogP contribution in [0.2, 0.25) is 0 Å². The van der Waals surface area contributed by atoms with Gasteiger partial charge in [0, 0.05) is 32.2 Å². The molecule has 1 saturated carbocycles. The molecule has 24 heavy (non-hydrogen) atoms. The molecule has 0 aromatic heterocycles. The minimum absolute atomic E-state index is 0.0110. The maximum Gasteiger partial charge on any atom is 0.225 e. The molecule has 138 valence electrons. The van der Waals surface area contributed by atoms with E-state index in [1.807, 2.05) is 18.7 Å². The second kappa shape index (κ2) is 8.32. The van der Waals surface area contributed by atoms with Crippen LogP contribution in [0.1, 0.15) is 65.7 Å². The van der Waals surface area contributed by atoms with Crippen LogP contribution in [0.25, 0.3) is 0 Å². The summed E-state index contributed by atoms with van der Waals surface area (Å²) in [7, 11) is 0. The van der Waals surface area contributed by atoms with Crippen molar-refractivity contribution in [1.82, 2.24) is 10.2 Å². The van der Waals surface area contributed by atoms with E-state index >= 15 is 0 Å². The average Bonchev–Trinajstić information content (AvgIpc) is 2.94. The first-order chi connectivity index (χ1) is 11.3. The summed E-state index contributed by atoms with van der Waals surface area (Å²) in [6, 6.07) is 0.344. The van der Waals surface area contributed by atoms with Gasteiger partial charge in [-0.05, 0) is 49.9 Å². The van der Waals surface area contributed by atoms with Crippen molar-refractivity contribution in [3.8, 4) is 0 Å². The molecule has 2 amide bonds. The van der Waals surface area contributed by atoms with Crippen molar-refractivity contribution in [2.45, 2.75) is 71.8 Å². The van der Waals surface area contributed by atoms with Gasteiger partial charge < -0.3 is 15.3 Å². The first-order valence-electron chi connectivity index (χ1n) is 9.50. The fourth-order valence-electron chi connectivity index (χ4n) is 3.82. The van der Waals surface area contributed by atoms with Crippen LogP contribution in [0.5, 0.6) is 0 Å². The highest BCUT2D eigenvalue weighted by Gasteiger charge is 2.38. The Kier molecular flexibility index (Phi) is 6.67. The smallest absolute Gasteiger partial charge is 0.225 e. The van der Waals surface area contributed by atoms with E-state index in [2.05, 4.69) is 12.2 Å². The number of nitrogens with one attached hydrogen (secondary N) is 1. The number of rotatable bonds is 7. The molecule has 2 aliphatic rings. The van der Waals surface area contributed by atoms with Gasteiger partial charge in [-0.1, -0.05) is 20.8 Å². The van der Waals surface area contributed by atoms with Crippen LogP contribution < -0.4 is 5.32 Å². The molecule has 0 spiro atoms. The Bertz CT molecular complexity index is 442. The molecule has 2 fully saturated rings. The molecule has 0 radical (unpaired) electrons. The standard InChI is InChI=1S/C19H34N2O3/c1-14-5-7-16(8-6-14)21-12-15(11-17(21)23)18(24)20-10-4-9-19(2,3)13-22/h14-16,22H,4-13H2,1-3H3,(H,20,24). The molecule has 2 rings (SSSR count). The lowest BCUT2D eigenvalue weighted by molar-refractivity contribution is -0.130. The third-order valence-electron chi connectivity index (χ3n) is 5.71. The van der Waals surface area contributed by atoms with Crippen LogP contribution in [0.15, 0.2) is 0 Å². The number of hydrogen-bond donors (Lipinski definition) is 2. The van der Waals surface area contributed by atoms with Crippen molar-refractivity contribution in [3.63, 3.8) is 0 Å². The van der Waals surface area contributed by atoms with E-state index in [9.17, 15) is 14.7 Å². The van der Waals surface area contributed by atoms with Crippen molar-refractivity contribution in [2.24, 2.45) is 17.3 Å². The molecule has 1 aliphatic heterocycles. The lowest BCUT2D eigenvalue weighted by atomic mass is 9.87. The Morgan fingerprint density at radius 3 is 2.58 bits per heavy atom. The number of aliphatic hydroxyl groups is 1. The molecule has 2 N–H and O–H groups in total. The second-order valence-electron chi connectivity index (χ2n) is 8.58. The highest BCUT2D eigenvalue weighted by molar-refractivity contribution is 5.89. The van der Waals surface area contributed by atoms with Gasteiger partial charge in [0.05, 0.1) is 5.92 Å². The fraction of sp³-hybridized carbons (Fsp3) is 0.895. The van der Waals surface area contributed by atoms with Crippen molar-refractivity contribution in [3.05, 3.63) is 0 Å². The van der Waals surface area contributed by atoms with Crippen LogP contribution >= 0.6 is 0 Å². The molecule has 1 unspecified atom stereocenters. The maximum absolute atomic E-state index is 12.3. The Balaban J connectivity index is 1.73. The van der Waals surface area contributed by atoms with Gasteiger partial charge >= 0.3 is 0 Å². The van der Waals surface area contributed by atoms with Gasteiger partial charge in [-0.3, -0.25) is 9.59 Å². The third-order valence-corrected chi connectivity index (χ3v) is 5.71. The Hall–Kier alpha value is -1.10. The Labute approximate surface area is 146 Å². The summed E-state index contributed by atoms with van der Waals surface area (Å²) in [5.41, 5.74) is -0.0943. The van der Waals surface area contributed by atoms with Crippen molar-refractivity contribution >= 4 is 11.8 Å². The molecule has 0 aromatic carbocycles. The summed E-state index contributed by atoms with van der Waals surface area (Å²) < 4.78 is 0. The number of carbonyl (C=O) groups excluding carboxylic acids is 2. The highest BCUT2D eigenvalue weighted by Crippen LogP contribution is 2.31. The molecular formula is C19H34N2O3. The monoisotopic (exact) mass is 338 g/mol. The molecule has 1 heterocycles. The summed E-state index contributed by atoms with van der Waals surface area (Å²) in [5.74, 6) is 0.733. The van der Waals surface area contributed by atoms with Crippen molar-refractivity contribution in [2.75, 3.05) is 19.7 Å². The van der Waals surface area contributed by atoms with Crippen LogP contribution in [-0.2, 0) is 9.59 Å². The van der Waals surface area contributed by atoms with Gasteiger partial charge in [0.25, 0.3) is 0 Å². The summed E-state index contributed by atoms with van der Waals surface area (Å²) >= 11 is 0. The average molecular weight is 338 g/mol. The Morgan fingerprint density at radius 1 is 1.29 bits per heavy atom. The summed E-state index contributed by atoms with van der Waals surface area (Å²) in [5, 5.41) is 12.2. The van der Waals surface area contributed by atoms with Crippen LogP contribution in [0.3, 0.4) is 0 Å². The number of amides is 2. The van der Waals surface area contributed by atoms with Crippen LogP contribution in [-0.4, -0.2) is 47.6 Å².